The van der Waals surface area contributed by atoms with Gasteiger partial charge in [0.25, 0.3) is 0 Å². The molecule has 0 aromatic heterocycles. The van der Waals surface area contributed by atoms with Crippen molar-refractivity contribution in [1.29, 1.82) is 0 Å². The van der Waals surface area contributed by atoms with Gasteiger partial charge >= 0.3 is 0 Å². The standard InChI is InChI=1S/C16H18INO/c1-3-18-12(2)13-4-8-15(9-5-13)19-16-10-6-14(17)7-11-16/h4-12,18H,3H2,1-2H3. The molecule has 0 saturated carbocycles. The highest BCUT2D eigenvalue weighted by Crippen LogP contribution is 2.24. The zero-order valence-electron chi connectivity index (χ0n) is 11.2. The largest absolute Gasteiger partial charge is 0.457 e. The summed E-state index contributed by atoms with van der Waals surface area (Å²) in [5.74, 6) is 1.74. The molecule has 0 aliphatic heterocycles. The van der Waals surface area contributed by atoms with Crippen LogP contribution in [0.4, 0.5) is 0 Å². The van der Waals surface area contributed by atoms with E-state index in [0.29, 0.717) is 6.04 Å². The van der Waals surface area contributed by atoms with Crippen LogP contribution in [0.1, 0.15) is 25.5 Å². The minimum atomic E-state index is 0.373. The van der Waals surface area contributed by atoms with Crippen LogP contribution in [0.15, 0.2) is 48.5 Å². The van der Waals surface area contributed by atoms with Gasteiger partial charge < -0.3 is 10.1 Å². The molecule has 0 aliphatic rings. The highest BCUT2D eigenvalue weighted by molar-refractivity contribution is 14.1. The lowest BCUT2D eigenvalue weighted by molar-refractivity contribution is 0.482. The number of halogens is 1. The van der Waals surface area contributed by atoms with E-state index in [-0.39, 0.29) is 0 Å². The molecule has 19 heavy (non-hydrogen) atoms. The number of hydrogen-bond acceptors (Lipinski definition) is 2. The van der Waals surface area contributed by atoms with Crippen molar-refractivity contribution >= 4 is 22.6 Å². The van der Waals surface area contributed by atoms with Gasteiger partial charge in [-0.05, 0) is 78.0 Å². The average molecular weight is 367 g/mol. The monoisotopic (exact) mass is 367 g/mol. The predicted octanol–water partition coefficient (Wildman–Crippen LogP) is 4.75. The first-order chi connectivity index (χ1) is 9.19. The number of hydrogen-bond donors (Lipinski definition) is 1. The second kappa shape index (κ2) is 6.91. The summed E-state index contributed by atoms with van der Waals surface area (Å²) in [6.45, 7) is 5.26. The lowest BCUT2D eigenvalue weighted by Gasteiger charge is -2.13. The van der Waals surface area contributed by atoms with Crippen molar-refractivity contribution in [1.82, 2.24) is 5.32 Å². The van der Waals surface area contributed by atoms with Crippen LogP contribution in [0, 0.1) is 3.57 Å². The Morgan fingerprint density at radius 1 is 1.00 bits per heavy atom. The lowest BCUT2D eigenvalue weighted by atomic mass is 10.1. The van der Waals surface area contributed by atoms with Crippen LogP contribution in [-0.2, 0) is 0 Å². The molecule has 3 heteroatoms. The molecule has 100 valence electrons. The van der Waals surface area contributed by atoms with Crippen molar-refractivity contribution in [2.45, 2.75) is 19.9 Å². The van der Waals surface area contributed by atoms with Crippen molar-refractivity contribution in [2.75, 3.05) is 6.54 Å². The molecule has 1 atom stereocenters. The maximum atomic E-state index is 5.80. The fraction of sp³-hybridized carbons (Fsp3) is 0.250. The van der Waals surface area contributed by atoms with Gasteiger partial charge in [-0.25, -0.2) is 0 Å². The lowest BCUT2D eigenvalue weighted by Crippen LogP contribution is -2.17. The van der Waals surface area contributed by atoms with Crippen LogP contribution >= 0.6 is 22.6 Å². The molecular formula is C16H18INO. The molecule has 0 heterocycles. The van der Waals surface area contributed by atoms with E-state index in [2.05, 4.69) is 53.9 Å². The topological polar surface area (TPSA) is 21.3 Å². The third-order valence-corrected chi connectivity index (χ3v) is 3.66. The normalized spacial score (nSPS) is 12.2. The van der Waals surface area contributed by atoms with Gasteiger partial charge in [0.2, 0.25) is 0 Å². The van der Waals surface area contributed by atoms with E-state index >= 15 is 0 Å². The van der Waals surface area contributed by atoms with E-state index in [1.165, 1.54) is 9.13 Å². The molecule has 0 radical (unpaired) electrons. The maximum Gasteiger partial charge on any atom is 0.127 e. The molecular weight excluding hydrogens is 349 g/mol. The summed E-state index contributed by atoms with van der Waals surface area (Å²) in [7, 11) is 0. The molecule has 0 bridgehead atoms. The van der Waals surface area contributed by atoms with Crippen molar-refractivity contribution in [2.24, 2.45) is 0 Å². The predicted molar refractivity (Wildman–Crippen MR) is 87.8 cm³/mol. The van der Waals surface area contributed by atoms with Crippen molar-refractivity contribution in [3.05, 3.63) is 57.7 Å². The van der Waals surface area contributed by atoms with Crippen LogP contribution in [0.25, 0.3) is 0 Å². The summed E-state index contributed by atoms with van der Waals surface area (Å²) in [4.78, 5) is 0. The Kier molecular flexibility index (Phi) is 5.22. The molecule has 1 unspecified atom stereocenters. The van der Waals surface area contributed by atoms with Gasteiger partial charge in [-0.2, -0.15) is 0 Å². The van der Waals surface area contributed by atoms with E-state index in [4.69, 9.17) is 4.74 Å². The summed E-state index contributed by atoms with van der Waals surface area (Å²) in [5, 5.41) is 3.40. The minimum Gasteiger partial charge on any atom is -0.457 e. The van der Waals surface area contributed by atoms with Gasteiger partial charge in [0.05, 0.1) is 0 Å². The first-order valence-corrected chi connectivity index (χ1v) is 7.53. The molecule has 0 fully saturated rings. The molecule has 1 N–H and O–H groups in total. The molecule has 2 aromatic rings. The van der Waals surface area contributed by atoms with Gasteiger partial charge in [-0.1, -0.05) is 19.1 Å². The Morgan fingerprint density at radius 2 is 1.53 bits per heavy atom. The van der Waals surface area contributed by atoms with E-state index in [1.807, 2.05) is 36.4 Å². The van der Waals surface area contributed by atoms with Crippen LogP contribution in [0.5, 0.6) is 11.5 Å². The third-order valence-electron chi connectivity index (χ3n) is 2.94. The van der Waals surface area contributed by atoms with Crippen LogP contribution in [0.3, 0.4) is 0 Å². The highest BCUT2D eigenvalue weighted by atomic mass is 127. The second-order valence-corrected chi connectivity index (χ2v) is 5.65. The Labute approximate surface area is 128 Å². The first kappa shape index (κ1) is 14.3. The maximum absolute atomic E-state index is 5.80. The molecule has 2 aromatic carbocycles. The molecule has 0 spiro atoms. The number of ether oxygens (including phenoxy) is 1. The van der Waals surface area contributed by atoms with E-state index in [1.54, 1.807) is 0 Å². The third kappa shape index (κ3) is 4.21. The summed E-state index contributed by atoms with van der Waals surface area (Å²) < 4.78 is 7.01. The Balaban J connectivity index is 2.04. The average Bonchev–Trinajstić information content (AvgIpc) is 2.42. The van der Waals surface area contributed by atoms with Gasteiger partial charge in [0, 0.05) is 9.61 Å². The summed E-state index contributed by atoms with van der Waals surface area (Å²) in [6.07, 6.45) is 0. The minimum absolute atomic E-state index is 0.373. The molecule has 0 saturated heterocycles. The van der Waals surface area contributed by atoms with Crippen LogP contribution in [0.2, 0.25) is 0 Å². The Morgan fingerprint density at radius 3 is 2.05 bits per heavy atom. The molecule has 0 aliphatic carbocycles. The zero-order valence-corrected chi connectivity index (χ0v) is 13.3. The highest BCUT2D eigenvalue weighted by Gasteiger charge is 2.04. The summed E-state index contributed by atoms with van der Waals surface area (Å²) >= 11 is 2.28. The number of nitrogens with one attached hydrogen (secondary N) is 1. The van der Waals surface area contributed by atoms with Gasteiger partial charge in [0.15, 0.2) is 0 Å². The number of benzene rings is 2. The number of rotatable bonds is 5. The quantitative estimate of drug-likeness (QED) is 0.770. The van der Waals surface area contributed by atoms with Gasteiger partial charge in [-0.3, -0.25) is 0 Å². The van der Waals surface area contributed by atoms with Crippen LogP contribution < -0.4 is 10.1 Å². The Bertz CT molecular complexity index is 507. The van der Waals surface area contributed by atoms with E-state index < -0.39 is 0 Å². The summed E-state index contributed by atoms with van der Waals surface area (Å²) in [5.41, 5.74) is 1.27. The molecule has 2 nitrogen and oxygen atoms in total. The Hall–Kier alpha value is -1.07. The van der Waals surface area contributed by atoms with Crippen molar-refractivity contribution < 1.29 is 4.74 Å². The van der Waals surface area contributed by atoms with Crippen molar-refractivity contribution in [3.8, 4) is 11.5 Å². The fourth-order valence-electron chi connectivity index (χ4n) is 1.89. The smallest absolute Gasteiger partial charge is 0.127 e. The molecule has 2 rings (SSSR count). The van der Waals surface area contributed by atoms with E-state index in [0.717, 1.165) is 18.0 Å². The summed E-state index contributed by atoms with van der Waals surface area (Å²) in [6, 6.07) is 16.7. The van der Waals surface area contributed by atoms with Gasteiger partial charge in [0.1, 0.15) is 11.5 Å². The SMILES string of the molecule is CCNC(C)c1ccc(Oc2ccc(I)cc2)cc1. The van der Waals surface area contributed by atoms with Crippen molar-refractivity contribution in [3.63, 3.8) is 0 Å². The van der Waals surface area contributed by atoms with Gasteiger partial charge in [-0.15, -0.1) is 0 Å². The first-order valence-electron chi connectivity index (χ1n) is 6.46. The van der Waals surface area contributed by atoms with E-state index in [9.17, 15) is 0 Å². The molecule has 0 amide bonds. The van der Waals surface area contributed by atoms with Crippen LogP contribution in [-0.4, -0.2) is 6.54 Å². The zero-order chi connectivity index (χ0) is 13.7. The fourth-order valence-corrected chi connectivity index (χ4v) is 2.25. The second-order valence-electron chi connectivity index (χ2n) is 4.40.